The van der Waals surface area contributed by atoms with Gasteiger partial charge in [-0.15, -0.1) is 0 Å². The number of fused-ring (bicyclic) bond motifs is 1. The minimum Gasteiger partial charge on any atom is -0.454 e. The van der Waals surface area contributed by atoms with Gasteiger partial charge in [-0.2, -0.15) is 9.49 Å². The quantitative estimate of drug-likeness (QED) is 0.487. The summed E-state index contributed by atoms with van der Waals surface area (Å²) in [5.41, 5.74) is 7.07. The van der Waals surface area contributed by atoms with Crippen molar-refractivity contribution in [2.75, 3.05) is 12.3 Å². The molecule has 1 saturated heterocycles. The predicted octanol–water partition coefficient (Wildman–Crippen LogP) is 4.04. The zero-order chi connectivity index (χ0) is 22.2. The number of aromatic nitrogens is 4. The first kappa shape index (κ1) is 20.3. The number of nitrogens with one attached hydrogen (secondary N) is 1. The lowest BCUT2D eigenvalue weighted by Crippen LogP contribution is -2.27. The third-order valence-corrected chi connectivity index (χ3v) is 5.45. The summed E-state index contributed by atoms with van der Waals surface area (Å²) in [6.45, 7) is 1.50. The smallest absolute Gasteiger partial charge is 0.201 e. The Balaban J connectivity index is 1.53. The van der Waals surface area contributed by atoms with Gasteiger partial charge in [0.2, 0.25) is 5.82 Å². The zero-order valence-corrected chi connectivity index (χ0v) is 16.9. The molecule has 1 aliphatic rings. The molecule has 32 heavy (non-hydrogen) atoms. The summed E-state index contributed by atoms with van der Waals surface area (Å²) in [6.07, 6.45) is 3.44. The van der Waals surface area contributed by atoms with E-state index in [1.165, 1.54) is 30.6 Å². The molecule has 1 atom stereocenters. The molecule has 0 spiro atoms. The highest BCUT2D eigenvalue weighted by Crippen LogP contribution is 2.34. The highest BCUT2D eigenvalue weighted by atomic mass is 19.2. The highest BCUT2D eigenvalue weighted by molar-refractivity contribution is 5.98. The van der Waals surface area contributed by atoms with Crippen molar-refractivity contribution in [1.82, 2.24) is 25.1 Å². The summed E-state index contributed by atoms with van der Waals surface area (Å²) in [5.74, 6) is -2.99. The second-order valence-electron chi connectivity index (χ2n) is 7.58. The van der Waals surface area contributed by atoms with E-state index in [1.807, 2.05) is 0 Å². The molecule has 0 bridgehead atoms. The van der Waals surface area contributed by atoms with Crippen molar-refractivity contribution in [2.45, 2.75) is 25.4 Å². The van der Waals surface area contributed by atoms with E-state index in [0.717, 1.165) is 31.5 Å². The van der Waals surface area contributed by atoms with E-state index in [2.05, 4.69) is 20.4 Å². The lowest BCUT2D eigenvalue weighted by Gasteiger charge is -2.10. The van der Waals surface area contributed by atoms with Crippen LogP contribution in [0.25, 0.3) is 22.3 Å². The van der Waals surface area contributed by atoms with Crippen LogP contribution in [0, 0.1) is 17.5 Å². The number of ether oxygens (including phenoxy) is 1. The van der Waals surface area contributed by atoms with Gasteiger partial charge in [-0.1, -0.05) is 6.07 Å². The Kier molecular flexibility index (Phi) is 5.14. The Morgan fingerprint density at radius 2 is 2.00 bits per heavy atom. The fourth-order valence-electron chi connectivity index (χ4n) is 3.91. The van der Waals surface area contributed by atoms with Gasteiger partial charge in [0.1, 0.15) is 29.4 Å². The van der Waals surface area contributed by atoms with Crippen LogP contribution in [0.5, 0.6) is 11.5 Å². The van der Waals surface area contributed by atoms with Crippen molar-refractivity contribution in [1.29, 1.82) is 0 Å². The van der Waals surface area contributed by atoms with Gasteiger partial charge in [0, 0.05) is 17.7 Å². The molecule has 0 saturated carbocycles. The maximum Gasteiger partial charge on any atom is 0.201 e. The Morgan fingerprint density at radius 3 is 2.78 bits per heavy atom. The predicted molar refractivity (Wildman–Crippen MR) is 113 cm³/mol. The molecule has 0 radical (unpaired) electrons. The molecule has 1 aliphatic heterocycles. The van der Waals surface area contributed by atoms with Gasteiger partial charge >= 0.3 is 0 Å². The van der Waals surface area contributed by atoms with E-state index in [-0.39, 0.29) is 28.9 Å². The second-order valence-corrected chi connectivity index (χ2v) is 7.58. The molecule has 1 fully saturated rings. The van der Waals surface area contributed by atoms with Crippen molar-refractivity contribution in [3.8, 4) is 22.8 Å². The van der Waals surface area contributed by atoms with Crippen LogP contribution >= 0.6 is 0 Å². The molecule has 164 valence electrons. The fraction of sp³-hybridized carbons (Fsp3) is 0.227. The average Bonchev–Trinajstić information content (AvgIpc) is 3.41. The first-order valence-electron chi connectivity index (χ1n) is 10.1. The van der Waals surface area contributed by atoms with Crippen molar-refractivity contribution >= 4 is 16.9 Å². The summed E-state index contributed by atoms with van der Waals surface area (Å²) in [4.78, 5) is 8.34. The Morgan fingerprint density at radius 1 is 1.12 bits per heavy atom. The van der Waals surface area contributed by atoms with E-state index in [9.17, 15) is 8.78 Å². The molecule has 10 heteroatoms. The molecule has 0 aliphatic carbocycles. The van der Waals surface area contributed by atoms with Gasteiger partial charge in [-0.25, -0.2) is 23.4 Å². The Hall–Kier alpha value is -3.66. The summed E-state index contributed by atoms with van der Waals surface area (Å²) < 4.78 is 49.4. The van der Waals surface area contributed by atoms with Gasteiger partial charge in [-0.3, -0.25) is 0 Å². The third-order valence-electron chi connectivity index (χ3n) is 5.45. The fourth-order valence-corrected chi connectivity index (χ4v) is 3.91. The number of rotatable bonds is 5. The van der Waals surface area contributed by atoms with Crippen LogP contribution in [0.4, 0.5) is 19.0 Å². The number of anilines is 1. The number of hydrogen-bond acceptors (Lipinski definition) is 6. The second kappa shape index (κ2) is 8.12. The van der Waals surface area contributed by atoms with Gasteiger partial charge < -0.3 is 15.8 Å². The first-order chi connectivity index (χ1) is 15.5. The minimum absolute atomic E-state index is 0.0128. The molecule has 0 amide bonds. The van der Waals surface area contributed by atoms with E-state index < -0.39 is 17.5 Å². The maximum absolute atomic E-state index is 15.1. The third kappa shape index (κ3) is 3.62. The summed E-state index contributed by atoms with van der Waals surface area (Å²) in [5, 5.41) is 8.44. The Labute approximate surface area is 181 Å². The van der Waals surface area contributed by atoms with Crippen LogP contribution < -0.4 is 15.8 Å². The SMILES string of the molecule is Nc1ncnc2c1c(-c1ccc(Oc3cccc(F)c3F)cc1F)nn2C[C@@H]1CCCN1. The molecule has 2 aromatic carbocycles. The zero-order valence-electron chi connectivity index (χ0n) is 16.9. The largest absolute Gasteiger partial charge is 0.454 e. The maximum atomic E-state index is 15.1. The van der Waals surface area contributed by atoms with Gasteiger partial charge in [-0.05, 0) is 43.7 Å². The summed E-state index contributed by atoms with van der Waals surface area (Å²) in [7, 11) is 0. The number of halogens is 3. The molecule has 3 N–H and O–H groups in total. The van der Waals surface area contributed by atoms with Crippen molar-refractivity contribution in [3.63, 3.8) is 0 Å². The van der Waals surface area contributed by atoms with Crippen LogP contribution in [0.1, 0.15) is 12.8 Å². The van der Waals surface area contributed by atoms with Crippen molar-refractivity contribution < 1.29 is 17.9 Å². The summed E-state index contributed by atoms with van der Waals surface area (Å²) in [6, 6.07) is 7.77. The van der Waals surface area contributed by atoms with Gasteiger partial charge in [0.05, 0.1) is 11.9 Å². The average molecular weight is 440 g/mol. The van der Waals surface area contributed by atoms with Gasteiger partial charge in [0.25, 0.3) is 0 Å². The number of hydrogen-bond donors (Lipinski definition) is 2. The topological polar surface area (TPSA) is 90.9 Å². The van der Waals surface area contributed by atoms with Crippen LogP contribution in [0.15, 0.2) is 42.7 Å². The molecule has 3 heterocycles. The normalized spacial score (nSPS) is 16.0. The van der Waals surface area contributed by atoms with Crippen LogP contribution in [-0.4, -0.2) is 32.3 Å². The summed E-state index contributed by atoms with van der Waals surface area (Å²) >= 11 is 0. The van der Waals surface area contributed by atoms with E-state index in [4.69, 9.17) is 10.5 Å². The van der Waals surface area contributed by atoms with E-state index in [0.29, 0.717) is 23.3 Å². The molecular formula is C22H19F3N6O. The molecular weight excluding hydrogens is 421 g/mol. The van der Waals surface area contributed by atoms with E-state index >= 15 is 4.39 Å². The standard InChI is InChI=1S/C22H19F3N6O/c23-15-4-1-5-17(19(15)25)32-13-6-7-14(16(24)9-13)20-18-21(26)28-11-29-22(18)31(30-20)10-12-3-2-8-27-12/h1,4-7,9,11-12,27H,2-3,8,10H2,(H2,26,28,29)/t12-/m0/s1. The van der Waals surface area contributed by atoms with Crippen LogP contribution in [-0.2, 0) is 6.54 Å². The molecule has 5 rings (SSSR count). The molecule has 2 aromatic heterocycles. The number of nitrogens with zero attached hydrogens (tertiary/aromatic N) is 4. The van der Waals surface area contributed by atoms with Gasteiger partial charge in [0.15, 0.2) is 17.2 Å². The lowest BCUT2D eigenvalue weighted by molar-refractivity contribution is 0.414. The molecule has 4 aromatic rings. The van der Waals surface area contributed by atoms with Crippen LogP contribution in [0.3, 0.4) is 0 Å². The lowest BCUT2D eigenvalue weighted by atomic mass is 10.1. The molecule has 7 nitrogen and oxygen atoms in total. The van der Waals surface area contributed by atoms with E-state index in [1.54, 1.807) is 4.68 Å². The Bertz CT molecular complexity index is 1300. The first-order valence-corrected chi connectivity index (χ1v) is 10.1. The van der Waals surface area contributed by atoms with Crippen LogP contribution in [0.2, 0.25) is 0 Å². The van der Waals surface area contributed by atoms with Crippen molar-refractivity contribution in [3.05, 3.63) is 60.2 Å². The van der Waals surface area contributed by atoms with Crippen molar-refractivity contribution in [2.24, 2.45) is 0 Å². The minimum atomic E-state index is -1.15. The number of benzene rings is 2. The monoisotopic (exact) mass is 440 g/mol. The number of nitrogen functional groups attached to an aromatic ring is 1. The highest BCUT2D eigenvalue weighted by Gasteiger charge is 2.23. The molecule has 0 unspecified atom stereocenters. The number of nitrogens with two attached hydrogens (primary N) is 1.